The smallest absolute Gasteiger partial charge is 0.328 e. The van der Waals surface area contributed by atoms with E-state index in [4.69, 9.17) is 9.47 Å². The van der Waals surface area contributed by atoms with Gasteiger partial charge in [0.2, 0.25) is 0 Å². The van der Waals surface area contributed by atoms with Crippen molar-refractivity contribution in [2.45, 2.75) is 44.9 Å². The molecule has 2 aromatic heterocycles. The van der Waals surface area contributed by atoms with E-state index in [9.17, 15) is 19.6 Å². The van der Waals surface area contributed by atoms with Crippen LogP contribution in [0.2, 0.25) is 0 Å². The van der Waals surface area contributed by atoms with Gasteiger partial charge in [-0.05, 0) is 31.4 Å². The van der Waals surface area contributed by atoms with Gasteiger partial charge in [-0.2, -0.15) is 5.26 Å². The number of rotatable bonds is 9. The van der Waals surface area contributed by atoms with E-state index in [0.29, 0.717) is 67.9 Å². The maximum Gasteiger partial charge on any atom is 0.328 e. The van der Waals surface area contributed by atoms with Crippen LogP contribution in [0.25, 0.3) is 0 Å². The Balaban J connectivity index is 1.54. The highest BCUT2D eigenvalue weighted by Crippen LogP contribution is 2.29. The van der Waals surface area contributed by atoms with Crippen molar-refractivity contribution < 1.29 is 23.9 Å². The second kappa shape index (κ2) is 12.0. The molecule has 1 fully saturated rings. The summed E-state index contributed by atoms with van der Waals surface area (Å²) in [7, 11) is 3.10. The Morgan fingerprint density at radius 1 is 1.34 bits per heavy atom. The first-order valence-corrected chi connectivity index (χ1v) is 12.4. The van der Waals surface area contributed by atoms with Gasteiger partial charge in [0.25, 0.3) is 5.91 Å². The second-order valence-electron chi connectivity index (χ2n) is 9.32. The summed E-state index contributed by atoms with van der Waals surface area (Å²) in [5, 5.41) is 15.4. The number of fused-ring (bicyclic) bond motifs is 1. The molecule has 3 amide bonds. The van der Waals surface area contributed by atoms with Crippen molar-refractivity contribution in [3.63, 3.8) is 0 Å². The van der Waals surface area contributed by atoms with Gasteiger partial charge in [0.1, 0.15) is 29.5 Å². The first kappa shape index (κ1) is 27.0. The molecule has 0 spiro atoms. The van der Waals surface area contributed by atoms with Crippen LogP contribution in [0.5, 0.6) is 0 Å². The second-order valence-corrected chi connectivity index (χ2v) is 9.32. The van der Waals surface area contributed by atoms with Gasteiger partial charge in [-0.3, -0.25) is 19.8 Å². The van der Waals surface area contributed by atoms with Crippen molar-refractivity contribution in [3.8, 4) is 6.07 Å². The first-order valence-electron chi connectivity index (χ1n) is 12.4. The van der Waals surface area contributed by atoms with Crippen LogP contribution in [-0.2, 0) is 27.2 Å². The number of hydrogen-bond acceptors (Lipinski definition) is 9. The zero-order valence-corrected chi connectivity index (χ0v) is 21.7. The number of methoxy groups -OCH3 is 2. The van der Waals surface area contributed by atoms with Gasteiger partial charge in [0.05, 0.1) is 17.9 Å². The largest absolute Gasteiger partial charge is 0.383 e. The maximum absolute atomic E-state index is 13.3. The van der Waals surface area contributed by atoms with Crippen LogP contribution in [0.15, 0.2) is 18.3 Å². The summed E-state index contributed by atoms with van der Waals surface area (Å²) in [6.45, 7) is 3.56. The van der Waals surface area contributed by atoms with Crippen molar-refractivity contribution in [2.75, 3.05) is 49.4 Å². The van der Waals surface area contributed by atoms with Crippen molar-refractivity contribution >= 4 is 35.5 Å². The molecule has 200 valence electrons. The number of nitrogens with zero attached hydrogens (tertiary/aromatic N) is 5. The van der Waals surface area contributed by atoms with Gasteiger partial charge >= 0.3 is 6.03 Å². The van der Waals surface area contributed by atoms with Crippen molar-refractivity contribution in [1.82, 2.24) is 14.9 Å². The number of pyridine rings is 2. The summed E-state index contributed by atoms with van der Waals surface area (Å²) >= 11 is 0. The molecule has 4 heterocycles. The summed E-state index contributed by atoms with van der Waals surface area (Å²) in [6, 6.07) is 5.03. The van der Waals surface area contributed by atoms with Gasteiger partial charge in [-0.15, -0.1) is 0 Å². The van der Waals surface area contributed by atoms with Gasteiger partial charge in [-0.1, -0.05) is 0 Å². The Bertz CT molecular complexity index is 1260. The molecule has 0 radical (unpaired) electrons. The molecule has 12 heteroatoms. The number of carbonyl (C=O) groups is 3. The summed E-state index contributed by atoms with van der Waals surface area (Å²) in [4.78, 5) is 49.6. The highest BCUT2D eigenvalue weighted by molar-refractivity contribution is 6.02. The molecular formula is C26H31N7O5. The van der Waals surface area contributed by atoms with Crippen LogP contribution in [0.3, 0.4) is 0 Å². The zero-order chi connectivity index (χ0) is 27.2. The van der Waals surface area contributed by atoms with E-state index in [0.717, 1.165) is 5.56 Å². The Morgan fingerprint density at radius 2 is 2.16 bits per heavy atom. The van der Waals surface area contributed by atoms with E-state index in [1.165, 1.54) is 18.2 Å². The zero-order valence-electron chi connectivity index (χ0n) is 21.7. The Hall–Kier alpha value is -4.08. The molecule has 12 nitrogen and oxygen atoms in total. The van der Waals surface area contributed by atoms with Crippen LogP contribution in [-0.4, -0.2) is 79.2 Å². The van der Waals surface area contributed by atoms with E-state index in [-0.39, 0.29) is 30.0 Å². The fourth-order valence-corrected chi connectivity index (χ4v) is 4.74. The van der Waals surface area contributed by atoms with E-state index in [1.807, 2.05) is 13.0 Å². The summed E-state index contributed by atoms with van der Waals surface area (Å²) in [6.07, 6.45) is 3.57. The molecule has 2 atom stereocenters. The highest BCUT2D eigenvalue weighted by atomic mass is 16.5. The molecule has 2 N–H and O–H groups in total. The van der Waals surface area contributed by atoms with Gasteiger partial charge in [0.15, 0.2) is 6.29 Å². The maximum atomic E-state index is 13.3. The number of hydrogen-bond donors (Lipinski definition) is 2. The van der Waals surface area contributed by atoms with E-state index >= 15 is 0 Å². The third kappa shape index (κ3) is 5.74. The number of aryl methyl sites for hydroxylation is 1. The standard InChI is InChI=1S/C26H31N7O5/c1-16(15-37-2)29-20-10-23(28-12-19(20)11-27)31-26(36)33-7-4-5-17-9-18(21(14-34)30-24(17)33)13-32-8-6-22(38-3)25(32)35/h9-10,12,14,16,22H,4-8,13,15H2,1-3H3,(H2,28,29,31,36)/t16-,22-/m0/s1. The monoisotopic (exact) mass is 521 g/mol. The Labute approximate surface area is 220 Å². The summed E-state index contributed by atoms with van der Waals surface area (Å²) in [5.74, 6) is 0.562. The van der Waals surface area contributed by atoms with Gasteiger partial charge in [-0.25, -0.2) is 14.8 Å². The molecule has 0 saturated carbocycles. The van der Waals surface area contributed by atoms with Gasteiger partial charge < -0.3 is 19.7 Å². The molecule has 0 aliphatic carbocycles. The van der Waals surface area contributed by atoms with Crippen molar-refractivity contribution in [1.29, 1.82) is 5.26 Å². The number of aromatic nitrogens is 2. The number of urea groups is 1. The van der Waals surface area contributed by atoms with E-state index in [1.54, 1.807) is 18.1 Å². The van der Waals surface area contributed by atoms with E-state index in [2.05, 4.69) is 26.7 Å². The number of carbonyl (C=O) groups excluding carboxylic acids is 3. The molecule has 38 heavy (non-hydrogen) atoms. The third-order valence-electron chi connectivity index (χ3n) is 6.60. The van der Waals surface area contributed by atoms with Crippen molar-refractivity contribution in [2.24, 2.45) is 0 Å². The van der Waals surface area contributed by atoms with Crippen LogP contribution in [0.1, 0.15) is 46.9 Å². The molecule has 0 bridgehead atoms. The number of anilines is 3. The lowest BCUT2D eigenvalue weighted by atomic mass is 10.0. The Morgan fingerprint density at radius 3 is 2.84 bits per heavy atom. The SMILES string of the molecule is COC[C@H](C)Nc1cc(NC(=O)N2CCCc3cc(CN4CC[C@H](OC)C4=O)c(C=O)nc32)ncc1C#N. The van der Waals surface area contributed by atoms with Crippen LogP contribution in [0, 0.1) is 11.3 Å². The predicted molar refractivity (Wildman–Crippen MR) is 139 cm³/mol. The third-order valence-corrected chi connectivity index (χ3v) is 6.60. The predicted octanol–water partition coefficient (Wildman–Crippen LogP) is 2.34. The van der Waals surface area contributed by atoms with E-state index < -0.39 is 12.1 Å². The van der Waals surface area contributed by atoms with Crippen LogP contribution >= 0.6 is 0 Å². The molecule has 0 aromatic carbocycles. The average Bonchev–Trinajstić information content (AvgIpc) is 3.26. The minimum absolute atomic E-state index is 0.0663. The quantitative estimate of drug-likeness (QED) is 0.474. The molecular weight excluding hydrogens is 490 g/mol. The average molecular weight is 522 g/mol. The molecule has 2 aliphatic rings. The number of nitrogens with one attached hydrogen (secondary N) is 2. The highest BCUT2D eigenvalue weighted by Gasteiger charge is 2.33. The Kier molecular flexibility index (Phi) is 8.50. The topological polar surface area (TPSA) is 150 Å². The summed E-state index contributed by atoms with van der Waals surface area (Å²) < 4.78 is 10.4. The fraction of sp³-hybridized carbons (Fsp3) is 0.462. The molecule has 4 rings (SSSR count). The van der Waals surface area contributed by atoms with Crippen molar-refractivity contribution in [3.05, 3.63) is 40.7 Å². The molecule has 0 unspecified atom stereocenters. The molecule has 1 saturated heterocycles. The minimum atomic E-state index is -0.464. The normalized spacial score (nSPS) is 17.5. The molecule has 2 aliphatic heterocycles. The number of amides is 3. The first-order chi connectivity index (χ1) is 18.4. The number of nitriles is 1. The van der Waals surface area contributed by atoms with Crippen LogP contribution < -0.4 is 15.5 Å². The lowest BCUT2D eigenvalue weighted by Gasteiger charge is -2.29. The van der Waals surface area contributed by atoms with Gasteiger partial charge in [0, 0.05) is 64.1 Å². The lowest BCUT2D eigenvalue weighted by molar-refractivity contribution is -0.136. The molecule has 2 aromatic rings. The van der Waals surface area contributed by atoms with Crippen LogP contribution in [0.4, 0.5) is 22.1 Å². The number of likely N-dealkylation sites (tertiary alicyclic amines) is 1. The number of ether oxygens (including phenoxy) is 2. The lowest BCUT2D eigenvalue weighted by Crippen LogP contribution is -2.40. The summed E-state index contributed by atoms with van der Waals surface area (Å²) in [5.41, 5.74) is 2.52. The minimum Gasteiger partial charge on any atom is -0.383 e. The number of aldehydes is 1. The fourth-order valence-electron chi connectivity index (χ4n) is 4.74.